The highest BCUT2D eigenvalue weighted by molar-refractivity contribution is 6.19. The Morgan fingerprint density at radius 3 is 3.00 bits per heavy atom. The zero-order chi connectivity index (χ0) is 9.97. The number of hydrogen-bond acceptors (Lipinski definition) is 1. The SMILES string of the molecule is C=C(CCl)Cn1cnc2ccccc21. The summed E-state index contributed by atoms with van der Waals surface area (Å²) in [6.07, 6.45) is 1.82. The standard InChI is InChI=1S/C11H11ClN2/c1-9(6-12)7-14-8-13-10-4-2-3-5-11(10)14/h2-5,8H,1,6-7H2. The summed E-state index contributed by atoms with van der Waals surface area (Å²) in [6, 6.07) is 8.03. The zero-order valence-electron chi connectivity index (χ0n) is 7.78. The summed E-state index contributed by atoms with van der Waals surface area (Å²) in [7, 11) is 0. The van der Waals surface area contributed by atoms with Gasteiger partial charge < -0.3 is 4.57 Å². The number of alkyl halides is 1. The topological polar surface area (TPSA) is 17.8 Å². The smallest absolute Gasteiger partial charge is 0.0961 e. The lowest BCUT2D eigenvalue weighted by atomic mass is 10.3. The third kappa shape index (κ3) is 1.66. The van der Waals surface area contributed by atoms with Crippen LogP contribution in [0.15, 0.2) is 42.7 Å². The molecule has 14 heavy (non-hydrogen) atoms. The second-order valence-electron chi connectivity index (χ2n) is 3.24. The molecule has 0 bridgehead atoms. The fourth-order valence-corrected chi connectivity index (χ4v) is 1.50. The summed E-state index contributed by atoms with van der Waals surface area (Å²) in [6.45, 7) is 4.61. The first-order valence-corrected chi connectivity index (χ1v) is 4.97. The number of fused-ring (bicyclic) bond motifs is 1. The Morgan fingerprint density at radius 1 is 1.43 bits per heavy atom. The summed E-state index contributed by atoms with van der Waals surface area (Å²) in [5.41, 5.74) is 3.13. The molecule has 0 saturated carbocycles. The van der Waals surface area contributed by atoms with Crippen molar-refractivity contribution >= 4 is 22.6 Å². The molecule has 3 heteroatoms. The first-order valence-electron chi connectivity index (χ1n) is 4.44. The van der Waals surface area contributed by atoms with Crippen molar-refractivity contribution in [2.45, 2.75) is 6.54 Å². The van der Waals surface area contributed by atoms with Gasteiger partial charge in [-0.15, -0.1) is 11.6 Å². The quantitative estimate of drug-likeness (QED) is 0.558. The van der Waals surface area contributed by atoms with Crippen molar-refractivity contribution < 1.29 is 0 Å². The minimum absolute atomic E-state index is 0.493. The van der Waals surface area contributed by atoms with Crippen LogP contribution in [0.1, 0.15) is 0 Å². The highest BCUT2D eigenvalue weighted by Crippen LogP contribution is 2.13. The molecule has 0 atom stereocenters. The number of imidazole rings is 1. The minimum atomic E-state index is 0.493. The first-order chi connectivity index (χ1) is 6.81. The van der Waals surface area contributed by atoms with E-state index < -0.39 is 0 Å². The number of hydrogen-bond donors (Lipinski definition) is 0. The van der Waals surface area contributed by atoms with Gasteiger partial charge in [0, 0.05) is 12.4 Å². The molecule has 0 spiro atoms. The highest BCUT2D eigenvalue weighted by atomic mass is 35.5. The van der Waals surface area contributed by atoms with Crippen LogP contribution < -0.4 is 0 Å². The molecule has 2 aromatic rings. The van der Waals surface area contributed by atoms with Gasteiger partial charge in [0.25, 0.3) is 0 Å². The summed E-state index contributed by atoms with van der Waals surface area (Å²) in [5.74, 6) is 0.493. The second-order valence-corrected chi connectivity index (χ2v) is 3.51. The molecule has 0 saturated heterocycles. The van der Waals surface area contributed by atoms with Crippen molar-refractivity contribution in [2.24, 2.45) is 0 Å². The van der Waals surface area contributed by atoms with Crippen LogP contribution in [-0.2, 0) is 6.54 Å². The molecule has 0 aliphatic heterocycles. The maximum Gasteiger partial charge on any atom is 0.0961 e. The van der Waals surface area contributed by atoms with Crippen LogP contribution in [0.3, 0.4) is 0 Å². The van der Waals surface area contributed by atoms with Crippen molar-refractivity contribution in [1.82, 2.24) is 9.55 Å². The summed E-state index contributed by atoms with van der Waals surface area (Å²) in [4.78, 5) is 4.28. The third-order valence-electron chi connectivity index (χ3n) is 2.11. The number of benzene rings is 1. The molecular weight excluding hydrogens is 196 g/mol. The van der Waals surface area contributed by atoms with Crippen LogP contribution in [0.2, 0.25) is 0 Å². The summed E-state index contributed by atoms with van der Waals surface area (Å²) >= 11 is 5.69. The molecule has 0 aliphatic carbocycles. The van der Waals surface area contributed by atoms with Gasteiger partial charge in [0.2, 0.25) is 0 Å². The van der Waals surface area contributed by atoms with Crippen LogP contribution in [-0.4, -0.2) is 15.4 Å². The van der Waals surface area contributed by atoms with Crippen molar-refractivity contribution in [1.29, 1.82) is 0 Å². The number of allylic oxidation sites excluding steroid dienone is 1. The molecule has 1 aromatic carbocycles. The van der Waals surface area contributed by atoms with Gasteiger partial charge in [0.15, 0.2) is 0 Å². The molecule has 0 aliphatic rings. The van der Waals surface area contributed by atoms with Gasteiger partial charge in [-0.05, 0) is 17.7 Å². The van der Waals surface area contributed by atoms with E-state index in [0.717, 1.165) is 23.2 Å². The third-order valence-corrected chi connectivity index (χ3v) is 2.49. The Morgan fingerprint density at radius 2 is 2.21 bits per heavy atom. The Balaban J connectivity index is 2.38. The van der Waals surface area contributed by atoms with E-state index in [-0.39, 0.29) is 0 Å². The van der Waals surface area contributed by atoms with Crippen LogP contribution in [0, 0.1) is 0 Å². The van der Waals surface area contributed by atoms with E-state index >= 15 is 0 Å². The molecule has 0 N–H and O–H groups in total. The van der Waals surface area contributed by atoms with Crippen molar-refractivity contribution in [3.05, 3.63) is 42.7 Å². The van der Waals surface area contributed by atoms with E-state index in [2.05, 4.69) is 16.1 Å². The molecule has 1 aromatic heterocycles. The predicted molar refractivity (Wildman–Crippen MR) is 59.6 cm³/mol. The van der Waals surface area contributed by atoms with Gasteiger partial charge in [-0.1, -0.05) is 18.7 Å². The molecule has 0 unspecified atom stereocenters. The number of rotatable bonds is 3. The molecule has 0 fully saturated rings. The average molecular weight is 207 g/mol. The number of para-hydroxylation sites is 2. The Hall–Kier alpha value is -1.28. The van der Waals surface area contributed by atoms with E-state index in [9.17, 15) is 0 Å². The molecule has 0 radical (unpaired) electrons. The lowest BCUT2D eigenvalue weighted by Gasteiger charge is -2.03. The lowest BCUT2D eigenvalue weighted by Crippen LogP contribution is -1.99. The fraction of sp³-hybridized carbons (Fsp3) is 0.182. The maximum absolute atomic E-state index is 5.69. The number of halogens is 1. The molecule has 1 heterocycles. The molecule has 0 amide bonds. The predicted octanol–water partition coefficient (Wildman–Crippen LogP) is 2.83. The Labute approximate surface area is 87.8 Å². The number of nitrogens with zero attached hydrogens (tertiary/aromatic N) is 2. The monoisotopic (exact) mass is 206 g/mol. The van der Waals surface area contributed by atoms with Crippen LogP contribution in [0.5, 0.6) is 0 Å². The average Bonchev–Trinajstić information content (AvgIpc) is 2.62. The molecule has 72 valence electrons. The lowest BCUT2D eigenvalue weighted by molar-refractivity contribution is 0.812. The first kappa shape index (κ1) is 9.28. The molecule has 2 nitrogen and oxygen atoms in total. The van der Waals surface area contributed by atoms with Gasteiger partial charge in [0.1, 0.15) is 0 Å². The van der Waals surface area contributed by atoms with E-state index in [0.29, 0.717) is 5.88 Å². The Bertz CT molecular complexity index is 459. The van der Waals surface area contributed by atoms with E-state index in [1.165, 1.54) is 0 Å². The van der Waals surface area contributed by atoms with Gasteiger partial charge in [-0.25, -0.2) is 4.98 Å². The zero-order valence-corrected chi connectivity index (χ0v) is 8.54. The van der Waals surface area contributed by atoms with Crippen molar-refractivity contribution in [3.63, 3.8) is 0 Å². The van der Waals surface area contributed by atoms with Gasteiger partial charge in [-0.2, -0.15) is 0 Å². The van der Waals surface area contributed by atoms with Crippen LogP contribution >= 0.6 is 11.6 Å². The van der Waals surface area contributed by atoms with Crippen molar-refractivity contribution in [3.8, 4) is 0 Å². The molecule has 2 rings (SSSR count). The largest absolute Gasteiger partial charge is 0.326 e. The normalized spacial score (nSPS) is 10.6. The maximum atomic E-state index is 5.69. The Kier molecular flexibility index (Phi) is 2.55. The van der Waals surface area contributed by atoms with Gasteiger partial charge >= 0.3 is 0 Å². The van der Waals surface area contributed by atoms with Crippen LogP contribution in [0.4, 0.5) is 0 Å². The van der Waals surface area contributed by atoms with Gasteiger partial charge in [0.05, 0.1) is 17.4 Å². The summed E-state index contributed by atoms with van der Waals surface area (Å²) < 4.78 is 2.06. The number of aromatic nitrogens is 2. The van der Waals surface area contributed by atoms with Gasteiger partial charge in [-0.3, -0.25) is 0 Å². The van der Waals surface area contributed by atoms with E-state index in [1.807, 2.05) is 30.6 Å². The summed E-state index contributed by atoms with van der Waals surface area (Å²) in [5, 5.41) is 0. The molecular formula is C11H11ClN2. The minimum Gasteiger partial charge on any atom is -0.326 e. The van der Waals surface area contributed by atoms with E-state index in [4.69, 9.17) is 11.6 Å². The van der Waals surface area contributed by atoms with Crippen molar-refractivity contribution in [2.75, 3.05) is 5.88 Å². The second kappa shape index (κ2) is 3.84. The fourth-order valence-electron chi connectivity index (χ4n) is 1.42. The van der Waals surface area contributed by atoms with Crippen LogP contribution in [0.25, 0.3) is 11.0 Å². The van der Waals surface area contributed by atoms with E-state index in [1.54, 1.807) is 0 Å². The highest BCUT2D eigenvalue weighted by Gasteiger charge is 2.01.